The van der Waals surface area contributed by atoms with Gasteiger partial charge in [0.1, 0.15) is 5.78 Å². The molecule has 112 valence electrons. The molecule has 0 radical (unpaired) electrons. The molecule has 0 aromatic heterocycles. The molecule has 5 nitrogen and oxygen atoms in total. The maximum atomic E-state index is 12.4. The molecule has 0 bridgehead atoms. The monoisotopic (exact) mass is 280 g/mol. The summed E-state index contributed by atoms with van der Waals surface area (Å²) in [5.41, 5.74) is 0. The molecular weight excluding hydrogens is 256 g/mol. The third-order valence-electron chi connectivity index (χ3n) is 4.67. The second kappa shape index (κ2) is 6.37. The number of hydrogen-bond acceptors (Lipinski definition) is 3. The molecule has 20 heavy (non-hydrogen) atoms. The Morgan fingerprint density at radius 1 is 0.750 bits per heavy atom. The van der Waals surface area contributed by atoms with Crippen molar-refractivity contribution in [1.82, 2.24) is 9.80 Å². The van der Waals surface area contributed by atoms with Gasteiger partial charge in [0.2, 0.25) is 11.8 Å². The second-order valence-corrected chi connectivity index (χ2v) is 5.99. The number of ketones is 1. The van der Waals surface area contributed by atoms with Crippen LogP contribution in [-0.4, -0.2) is 53.6 Å². The Bertz CT molecular complexity index is 356. The van der Waals surface area contributed by atoms with Gasteiger partial charge in [0.25, 0.3) is 0 Å². The zero-order valence-corrected chi connectivity index (χ0v) is 12.4. The summed E-state index contributed by atoms with van der Waals surface area (Å²) in [6.45, 7) is 6.01. The number of carbonyl (C=O) groups excluding carboxylic acids is 3. The summed E-state index contributed by atoms with van der Waals surface area (Å²) < 4.78 is 0. The van der Waals surface area contributed by atoms with Crippen LogP contribution in [0.25, 0.3) is 0 Å². The van der Waals surface area contributed by atoms with E-state index in [0.717, 1.165) is 25.7 Å². The van der Waals surface area contributed by atoms with E-state index in [4.69, 9.17) is 0 Å². The van der Waals surface area contributed by atoms with E-state index in [1.165, 1.54) is 0 Å². The Kier molecular flexibility index (Phi) is 4.78. The lowest BCUT2D eigenvalue weighted by Gasteiger charge is -2.36. The molecule has 2 aliphatic heterocycles. The summed E-state index contributed by atoms with van der Waals surface area (Å²) in [5.74, 6) is 0.748. The van der Waals surface area contributed by atoms with Crippen molar-refractivity contribution in [2.45, 2.75) is 39.5 Å². The van der Waals surface area contributed by atoms with Crippen LogP contribution in [0.3, 0.4) is 0 Å². The summed E-state index contributed by atoms with van der Waals surface area (Å²) >= 11 is 0. The Morgan fingerprint density at radius 2 is 1.20 bits per heavy atom. The number of likely N-dealkylation sites (tertiary alicyclic amines) is 2. The van der Waals surface area contributed by atoms with Crippen molar-refractivity contribution in [3.63, 3.8) is 0 Å². The molecule has 0 aliphatic carbocycles. The van der Waals surface area contributed by atoms with Crippen molar-refractivity contribution in [3.05, 3.63) is 0 Å². The van der Waals surface area contributed by atoms with Crippen molar-refractivity contribution in [2.75, 3.05) is 26.2 Å². The van der Waals surface area contributed by atoms with Crippen LogP contribution < -0.4 is 0 Å². The minimum absolute atomic E-state index is 0.0551. The first-order valence-corrected chi connectivity index (χ1v) is 7.53. The molecule has 2 amide bonds. The molecule has 0 aromatic carbocycles. The van der Waals surface area contributed by atoms with E-state index < -0.39 is 0 Å². The molecule has 0 saturated carbocycles. The van der Waals surface area contributed by atoms with Crippen molar-refractivity contribution in [1.29, 1.82) is 0 Å². The molecule has 0 atom stereocenters. The van der Waals surface area contributed by atoms with Crippen molar-refractivity contribution < 1.29 is 14.4 Å². The fourth-order valence-electron chi connectivity index (χ4n) is 3.21. The van der Waals surface area contributed by atoms with Crippen LogP contribution in [0, 0.1) is 11.8 Å². The Hall–Kier alpha value is -1.39. The van der Waals surface area contributed by atoms with Gasteiger partial charge in [0.15, 0.2) is 0 Å². The number of piperidine rings is 2. The fraction of sp³-hybridized carbons (Fsp3) is 0.800. The molecule has 2 fully saturated rings. The highest BCUT2D eigenvalue weighted by Crippen LogP contribution is 2.24. The third kappa shape index (κ3) is 3.38. The van der Waals surface area contributed by atoms with Gasteiger partial charge in [-0.2, -0.15) is 0 Å². The molecule has 0 N–H and O–H groups in total. The lowest BCUT2D eigenvalue weighted by molar-refractivity contribution is -0.142. The van der Waals surface area contributed by atoms with Gasteiger partial charge in [0.05, 0.1) is 0 Å². The van der Waals surface area contributed by atoms with E-state index in [1.54, 1.807) is 13.8 Å². The van der Waals surface area contributed by atoms with Gasteiger partial charge in [-0.25, -0.2) is 0 Å². The number of rotatable bonds is 2. The molecule has 0 aromatic rings. The Morgan fingerprint density at radius 3 is 1.65 bits per heavy atom. The van der Waals surface area contributed by atoms with Crippen LogP contribution in [0.5, 0.6) is 0 Å². The predicted octanol–water partition coefficient (Wildman–Crippen LogP) is 1.07. The Labute approximate surface area is 120 Å². The smallest absolute Gasteiger partial charge is 0.225 e. The molecule has 2 aliphatic rings. The zero-order valence-electron chi connectivity index (χ0n) is 12.4. The summed E-state index contributed by atoms with van der Waals surface area (Å²) in [6, 6.07) is 0. The minimum atomic E-state index is 0.0551. The van der Waals surface area contributed by atoms with Crippen LogP contribution >= 0.6 is 0 Å². The van der Waals surface area contributed by atoms with Gasteiger partial charge < -0.3 is 9.80 Å². The maximum Gasteiger partial charge on any atom is 0.225 e. The van der Waals surface area contributed by atoms with E-state index in [1.807, 2.05) is 9.80 Å². The number of nitrogens with zero attached hydrogens (tertiary/aromatic N) is 2. The summed E-state index contributed by atoms with van der Waals surface area (Å²) in [6.07, 6.45) is 3.14. The molecule has 2 saturated heterocycles. The topological polar surface area (TPSA) is 57.7 Å². The lowest BCUT2D eigenvalue weighted by atomic mass is 9.90. The summed E-state index contributed by atoms with van der Waals surface area (Å²) in [5, 5.41) is 0. The number of amides is 2. The van der Waals surface area contributed by atoms with Gasteiger partial charge in [-0.1, -0.05) is 0 Å². The van der Waals surface area contributed by atoms with E-state index in [-0.39, 0.29) is 29.4 Å². The largest absolute Gasteiger partial charge is 0.343 e. The average Bonchev–Trinajstić information content (AvgIpc) is 2.46. The lowest BCUT2D eigenvalue weighted by Crippen LogP contribution is -2.46. The highest BCUT2D eigenvalue weighted by atomic mass is 16.2. The van der Waals surface area contributed by atoms with Gasteiger partial charge in [-0.15, -0.1) is 0 Å². The third-order valence-corrected chi connectivity index (χ3v) is 4.67. The Balaban J connectivity index is 1.81. The first kappa shape index (κ1) is 15.0. The van der Waals surface area contributed by atoms with E-state index in [0.29, 0.717) is 26.2 Å². The van der Waals surface area contributed by atoms with Crippen LogP contribution in [0.15, 0.2) is 0 Å². The molecule has 0 unspecified atom stereocenters. The van der Waals surface area contributed by atoms with Gasteiger partial charge in [-0.3, -0.25) is 14.4 Å². The van der Waals surface area contributed by atoms with Gasteiger partial charge >= 0.3 is 0 Å². The average molecular weight is 280 g/mol. The normalized spacial score (nSPS) is 21.9. The van der Waals surface area contributed by atoms with Crippen LogP contribution in [0.2, 0.25) is 0 Å². The van der Waals surface area contributed by atoms with E-state index in [2.05, 4.69) is 0 Å². The standard InChI is InChI=1S/C15H24N2O3/c1-11(18)13-3-9-17(10-4-13)15(20)14-5-7-16(8-6-14)12(2)19/h13-14H,3-10H2,1-2H3. The molecule has 5 heteroatoms. The SMILES string of the molecule is CC(=O)C1CCN(C(=O)C2CCN(C(C)=O)CC2)CC1. The quantitative estimate of drug-likeness (QED) is 0.760. The molecule has 2 heterocycles. The summed E-state index contributed by atoms with van der Waals surface area (Å²) in [4.78, 5) is 38.8. The number of hydrogen-bond donors (Lipinski definition) is 0. The summed E-state index contributed by atoms with van der Waals surface area (Å²) in [7, 11) is 0. The molecule has 2 rings (SSSR count). The highest BCUT2D eigenvalue weighted by molar-refractivity contribution is 5.81. The molecular formula is C15H24N2O3. The van der Waals surface area contributed by atoms with Crippen LogP contribution in [0.4, 0.5) is 0 Å². The van der Waals surface area contributed by atoms with Crippen molar-refractivity contribution in [2.24, 2.45) is 11.8 Å². The first-order valence-electron chi connectivity index (χ1n) is 7.53. The van der Waals surface area contributed by atoms with Crippen LogP contribution in [-0.2, 0) is 14.4 Å². The predicted molar refractivity (Wildman–Crippen MR) is 75.0 cm³/mol. The van der Waals surface area contributed by atoms with Gasteiger partial charge in [-0.05, 0) is 32.6 Å². The maximum absolute atomic E-state index is 12.4. The van der Waals surface area contributed by atoms with E-state index >= 15 is 0 Å². The zero-order chi connectivity index (χ0) is 14.7. The fourth-order valence-corrected chi connectivity index (χ4v) is 3.21. The molecule has 0 spiro atoms. The van der Waals surface area contributed by atoms with E-state index in [9.17, 15) is 14.4 Å². The van der Waals surface area contributed by atoms with Crippen molar-refractivity contribution >= 4 is 17.6 Å². The highest BCUT2D eigenvalue weighted by Gasteiger charge is 2.32. The van der Waals surface area contributed by atoms with Crippen molar-refractivity contribution in [3.8, 4) is 0 Å². The first-order chi connectivity index (χ1) is 9.49. The van der Waals surface area contributed by atoms with Crippen LogP contribution in [0.1, 0.15) is 39.5 Å². The number of carbonyl (C=O) groups is 3. The minimum Gasteiger partial charge on any atom is -0.343 e. The number of Topliss-reactive ketones (excluding diaryl/α,β-unsaturated/α-hetero) is 1. The van der Waals surface area contributed by atoms with Gasteiger partial charge in [0, 0.05) is 44.9 Å². The second-order valence-electron chi connectivity index (χ2n) is 5.99.